The van der Waals surface area contributed by atoms with Gasteiger partial charge in [0.1, 0.15) is 17.6 Å². The fourth-order valence-corrected chi connectivity index (χ4v) is 2.31. The molecule has 0 amide bonds. The van der Waals surface area contributed by atoms with Crippen molar-refractivity contribution in [2.24, 2.45) is 0 Å². The molecule has 100 valence electrons. The molecule has 1 N–H and O–H groups in total. The van der Waals surface area contributed by atoms with Crippen LogP contribution < -0.4 is 5.43 Å². The Morgan fingerprint density at radius 2 is 2.00 bits per heavy atom. The Morgan fingerprint density at radius 1 is 1.20 bits per heavy atom. The summed E-state index contributed by atoms with van der Waals surface area (Å²) in [6, 6.07) is 10.4. The van der Waals surface area contributed by atoms with Gasteiger partial charge in [0.15, 0.2) is 0 Å². The summed E-state index contributed by atoms with van der Waals surface area (Å²) in [6.07, 6.45) is 1.41. The Hall–Kier alpha value is -2.26. The zero-order valence-corrected chi connectivity index (χ0v) is 11.4. The average Bonchev–Trinajstić information content (AvgIpc) is 2.41. The number of hydrogen-bond donors (Lipinski definition) is 1. The van der Waals surface area contributed by atoms with E-state index in [9.17, 15) is 9.90 Å². The van der Waals surface area contributed by atoms with Crippen LogP contribution in [0.3, 0.4) is 0 Å². The molecule has 0 saturated heterocycles. The van der Waals surface area contributed by atoms with Crippen molar-refractivity contribution in [3.05, 3.63) is 63.5 Å². The first-order valence-electron chi connectivity index (χ1n) is 6.07. The lowest BCUT2D eigenvalue weighted by atomic mass is 10.0. The van der Waals surface area contributed by atoms with E-state index in [1.165, 1.54) is 18.4 Å². The van der Waals surface area contributed by atoms with Crippen LogP contribution in [0.2, 0.25) is 5.02 Å². The lowest BCUT2D eigenvalue weighted by Crippen LogP contribution is -2.04. The predicted octanol–water partition coefficient (Wildman–Crippen LogP) is 4.13. The largest absolute Gasteiger partial charge is 0.506 e. The number of fused-ring (bicyclic) bond motifs is 1. The van der Waals surface area contributed by atoms with Gasteiger partial charge < -0.3 is 9.52 Å². The number of phenolic OH excluding ortho intramolecular Hbond substituents is 1. The predicted molar refractivity (Wildman–Crippen MR) is 79.3 cm³/mol. The van der Waals surface area contributed by atoms with Crippen LogP contribution in [0.5, 0.6) is 5.75 Å². The monoisotopic (exact) mass is 286 g/mol. The molecule has 3 rings (SSSR count). The quantitative estimate of drug-likeness (QED) is 0.732. The van der Waals surface area contributed by atoms with Gasteiger partial charge in [-0.1, -0.05) is 41.4 Å². The second kappa shape index (κ2) is 4.69. The van der Waals surface area contributed by atoms with E-state index in [2.05, 4.69) is 0 Å². The molecule has 0 aliphatic heterocycles. The Morgan fingerprint density at radius 3 is 2.75 bits per heavy atom. The summed E-state index contributed by atoms with van der Waals surface area (Å²) in [5.74, 6) is -0.106. The van der Waals surface area contributed by atoms with Crippen molar-refractivity contribution in [2.75, 3.05) is 0 Å². The lowest BCUT2D eigenvalue weighted by Gasteiger charge is -2.05. The molecule has 20 heavy (non-hydrogen) atoms. The molecule has 3 aromatic rings. The molecule has 0 atom stereocenters. The van der Waals surface area contributed by atoms with E-state index >= 15 is 0 Å². The first kappa shape index (κ1) is 12.8. The van der Waals surface area contributed by atoms with Gasteiger partial charge >= 0.3 is 0 Å². The Balaban J connectivity index is 2.31. The first-order chi connectivity index (χ1) is 9.56. The molecule has 4 heteroatoms. The van der Waals surface area contributed by atoms with Crippen molar-refractivity contribution in [3.63, 3.8) is 0 Å². The van der Waals surface area contributed by atoms with Crippen LogP contribution in [0.15, 0.2) is 51.9 Å². The second-order valence-corrected chi connectivity index (χ2v) is 5.05. The van der Waals surface area contributed by atoms with E-state index in [0.29, 0.717) is 16.5 Å². The summed E-state index contributed by atoms with van der Waals surface area (Å²) in [4.78, 5) is 12.5. The molecule has 1 aromatic heterocycles. The number of benzene rings is 2. The van der Waals surface area contributed by atoms with Crippen molar-refractivity contribution >= 4 is 22.6 Å². The molecule has 0 aliphatic carbocycles. The summed E-state index contributed by atoms with van der Waals surface area (Å²) in [5.41, 5.74) is 2.48. The average molecular weight is 287 g/mol. The molecular weight excluding hydrogens is 276 g/mol. The van der Waals surface area contributed by atoms with E-state index < -0.39 is 0 Å². The number of aromatic hydroxyl groups is 1. The van der Waals surface area contributed by atoms with Crippen LogP contribution in [0.25, 0.3) is 22.1 Å². The molecule has 0 spiro atoms. The van der Waals surface area contributed by atoms with Crippen molar-refractivity contribution in [1.82, 2.24) is 0 Å². The zero-order valence-electron chi connectivity index (χ0n) is 10.7. The molecule has 0 aliphatic rings. The number of halogens is 1. The van der Waals surface area contributed by atoms with Gasteiger partial charge in [-0.25, -0.2) is 0 Å². The molecule has 1 heterocycles. The van der Waals surface area contributed by atoms with Crippen LogP contribution in [-0.4, -0.2) is 5.11 Å². The minimum absolute atomic E-state index is 0.106. The first-order valence-corrected chi connectivity index (χ1v) is 6.45. The lowest BCUT2D eigenvalue weighted by molar-refractivity contribution is 0.474. The Bertz CT molecular complexity index is 865. The van der Waals surface area contributed by atoms with Gasteiger partial charge in [-0.05, 0) is 18.6 Å². The van der Waals surface area contributed by atoms with Crippen LogP contribution in [-0.2, 0) is 0 Å². The Labute approximate surface area is 120 Å². The topological polar surface area (TPSA) is 50.4 Å². The minimum Gasteiger partial charge on any atom is -0.506 e. The number of rotatable bonds is 1. The van der Waals surface area contributed by atoms with Crippen molar-refractivity contribution < 1.29 is 9.52 Å². The highest BCUT2D eigenvalue weighted by atomic mass is 35.5. The summed E-state index contributed by atoms with van der Waals surface area (Å²) in [7, 11) is 0. The summed E-state index contributed by atoms with van der Waals surface area (Å²) in [5, 5.41) is 10.0. The highest BCUT2D eigenvalue weighted by Gasteiger charge is 2.11. The van der Waals surface area contributed by atoms with Gasteiger partial charge in [-0.3, -0.25) is 4.79 Å². The zero-order chi connectivity index (χ0) is 14.3. The van der Waals surface area contributed by atoms with Crippen LogP contribution in [0.4, 0.5) is 0 Å². The van der Waals surface area contributed by atoms with Crippen LogP contribution >= 0.6 is 11.6 Å². The second-order valence-electron chi connectivity index (χ2n) is 4.65. The van der Waals surface area contributed by atoms with Gasteiger partial charge in [0, 0.05) is 6.07 Å². The van der Waals surface area contributed by atoms with E-state index in [1.807, 2.05) is 31.2 Å². The van der Waals surface area contributed by atoms with Gasteiger partial charge in [0.2, 0.25) is 5.43 Å². The van der Waals surface area contributed by atoms with Gasteiger partial charge in [-0.15, -0.1) is 0 Å². The van der Waals surface area contributed by atoms with Gasteiger partial charge in [-0.2, -0.15) is 0 Å². The van der Waals surface area contributed by atoms with Crippen LogP contribution in [0.1, 0.15) is 5.56 Å². The molecule has 2 aromatic carbocycles. The number of hydrogen-bond acceptors (Lipinski definition) is 3. The van der Waals surface area contributed by atoms with Gasteiger partial charge in [0.25, 0.3) is 0 Å². The van der Waals surface area contributed by atoms with E-state index in [0.717, 1.165) is 11.1 Å². The van der Waals surface area contributed by atoms with E-state index in [4.69, 9.17) is 16.0 Å². The van der Waals surface area contributed by atoms with Crippen molar-refractivity contribution in [1.29, 1.82) is 0 Å². The molecule has 0 bridgehead atoms. The maximum Gasteiger partial charge on any atom is 0.200 e. The van der Waals surface area contributed by atoms with Gasteiger partial charge in [0.05, 0.1) is 16.0 Å². The molecular formula is C16H11ClO3. The third-order valence-electron chi connectivity index (χ3n) is 3.17. The van der Waals surface area contributed by atoms with E-state index in [1.54, 1.807) is 0 Å². The number of aryl methyl sites for hydroxylation is 1. The third-order valence-corrected chi connectivity index (χ3v) is 3.47. The van der Waals surface area contributed by atoms with Crippen LogP contribution in [0, 0.1) is 6.92 Å². The SMILES string of the molecule is Cc1cccc(-c2coc3cc(O)c(Cl)cc3c2=O)c1. The maximum atomic E-state index is 12.5. The molecule has 0 radical (unpaired) electrons. The third kappa shape index (κ3) is 2.06. The highest BCUT2D eigenvalue weighted by Crippen LogP contribution is 2.29. The van der Waals surface area contributed by atoms with Crippen molar-refractivity contribution in [3.8, 4) is 16.9 Å². The number of phenols is 1. The Kier molecular flexibility index (Phi) is 2.99. The molecule has 0 saturated carbocycles. The normalized spacial score (nSPS) is 10.9. The molecule has 0 fully saturated rings. The van der Waals surface area contributed by atoms with Crippen molar-refractivity contribution in [2.45, 2.75) is 6.92 Å². The summed E-state index contributed by atoms with van der Waals surface area (Å²) < 4.78 is 5.44. The maximum absolute atomic E-state index is 12.5. The smallest absolute Gasteiger partial charge is 0.200 e. The highest BCUT2D eigenvalue weighted by molar-refractivity contribution is 6.32. The minimum atomic E-state index is -0.168. The fraction of sp³-hybridized carbons (Fsp3) is 0.0625. The van der Waals surface area contributed by atoms with E-state index in [-0.39, 0.29) is 16.2 Å². The summed E-state index contributed by atoms with van der Waals surface area (Å²) >= 11 is 5.85. The molecule has 0 unspecified atom stereocenters. The molecule has 3 nitrogen and oxygen atoms in total. The standard InChI is InChI=1S/C16H11ClO3/c1-9-3-2-4-10(5-9)12-8-20-15-7-14(18)13(17)6-11(15)16(12)19/h2-8,18H,1H3. The summed E-state index contributed by atoms with van der Waals surface area (Å²) in [6.45, 7) is 1.96. The fourth-order valence-electron chi connectivity index (χ4n) is 2.15.